The van der Waals surface area contributed by atoms with E-state index in [4.69, 9.17) is 32.9 Å². The van der Waals surface area contributed by atoms with E-state index in [-0.39, 0.29) is 38.6 Å². The molecule has 121 heavy (non-hydrogen) atoms. The fourth-order valence-electron chi connectivity index (χ4n) is 16.4. The van der Waals surface area contributed by atoms with Gasteiger partial charge in [-0.25, -0.2) is 4.57 Å². The van der Waals surface area contributed by atoms with E-state index in [0.29, 0.717) is 44.9 Å². The zero-order chi connectivity index (χ0) is 88.6. The fraction of sp³-hybridized carbons (Fsp3) is 0.926. The number of ether oxygens (including phenoxy) is 6. The standard InChI is InChI=1S/C95H179N4O21P/c1-7-13-19-25-31-36-39-44-49-55-61-67-81(101)97-78(93(109)96-70-64-58-52-30-24-18-12-6)73-83(103)99-88-92(119-86(106)72-77(66-60-54-48-43-35-29-23-17-11-5)116-85(105)69-63-57-51-46-41-38-33-27-21-15-9-3)91(120-121(111,112)113)79(74-100)118-95(88)114-75-80-89(107)90(108)87(94(110)117-80)98-82(102)71-76(65-59-53-47-42-34-28-22-16-10-4)115-84(104)68-62-56-50-45-40-37-32-26-20-14-8-2/h76-80,87-92,94-95,100,107-108,110H,7-75H2,1-6H3,(H,96,109)(H,97,101)(H,98,102)(H,99,103)(H2,111,112,113)/t76-,77-,78+,79-,80-,87-,88-,89-,90-,91-,92-,94-,95-/m1/s1. The number of nitrogens with one attached hydrogen (secondary N) is 4. The van der Waals surface area contributed by atoms with Crippen molar-refractivity contribution in [2.45, 2.75) is 545 Å². The number of carbonyl (C=O) groups excluding carboxylic acids is 7. The highest BCUT2D eigenvalue weighted by molar-refractivity contribution is 7.46. The van der Waals surface area contributed by atoms with Crippen molar-refractivity contribution >= 4 is 49.4 Å². The number of hydrogen-bond acceptors (Lipinski definition) is 19. The maximum Gasteiger partial charge on any atom is 0.470 e. The molecule has 2 fully saturated rings. The van der Waals surface area contributed by atoms with Gasteiger partial charge in [-0.05, 0) is 51.4 Å². The number of carbonyl (C=O) groups is 7. The first-order valence-corrected chi connectivity index (χ1v) is 51.2. The maximum absolute atomic E-state index is 15.0. The van der Waals surface area contributed by atoms with E-state index in [1.165, 1.54) is 135 Å². The molecule has 0 aliphatic carbocycles. The van der Waals surface area contributed by atoms with Crippen LogP contribution in [0.2, 0.25) is 0 Å². The van der Waals surface area contributed by atoms with E-state index in [2.05, 4.69) is 62.8 Å². The summed E-state index contributed by atoms with van der Waals surface area (Å²) in [6.45, 7) is 11.5. The van der Waals surface area contributed by atoms with E-state index in [1.54, 1.807) is 0 Å². The van der Waals surface area contributed by atoms with Crippen LogP contribution in [-0.2, 0) is 71.1 Å². The topological polar surface area (TPSA) is 371 Å². The SMILES string of the molecule is CCCCCCCCCCCCCC(=O)N[C@@H](CC(=O)N[C@H]1[C@H](OC[C@H]2O[C@@H](O)[C@H](NC(=O)C[C@@H](CCCCCCCCCCC)OC(=O)CCCCCCCCCCCCC)[C@@H](O)[C@@H]2O)O[C@H](CO)[C@@H](OP(=O)(O)O)[C@@H]1OC(=O)C[C@@H](CCCCCCCCCCC)OC(=O)CCCCCCCCCCCCC)C(=O)NCCCCCCCCC. The number of phosphoric ester groups is 1. The van der Waals surface area contributed by atoms with E-state index in [9.17, 15) is 63.5 Å². The van der Waals surface area contributed by atoms with Crippen LogP contribution in [0.15, 0.2) is 0 Å². The van der Waals surface area contributed by atoms with Crippen molar-refractivity contribution in [3.63, 3.8) is 0 Å². The number of rotatable bonds is 83. The minimum absolute atomic E-state index is 0.0610. The van der Waals surface area contributed by atoms with Gasteiger partial charge >= 0.3 is 25.7 Å². The van der Waals surface area contributed by atoms with E-state index in [0.717, 1.165) is 199 Å². The molecule has 25 nitrogen and oxygen atoms in total. The van der Waals surface area contributed by atoms with Gasteiger partial charge in [0.25, 0.3) is 0 Å². The van der Waals surface area contributed by atoms with Crippen molar-refractivity contribution in [3.05, 3.63) is 0 Å². The van der Waals surface area contributed by atoms with Gasteiger partial charge in [0.1, 0.15) is 60.9 Å². The van der Waals surface area contributed by atoms with E-state index in [1.807, 2.05) is 0 Å². The first-order chi connectivity index (χ1) is 58.6. The number of esters is 3. The van der Waals surface area contributed by atoms with Crippen LogP contribution in [0.3, 0.4) is 0 Å². The van der Waals surface area contributed by atoms with Crippen molar-refractivity contribution in [3.8, 4) is 0 Å². The van der Waals surface area contributed by atoms with Crippen LogP contribution in [0.25, 0.3) is 0 Å². The summed E-state index contributed by atoms with van der Waals surface area (Å²) < 4.78 is 55.1. The second-order valence-electron chi connectivity index (χ2n) is 35.3. The third kappa shape index (κ3) is 59.7. The molecule has 0 bridgehead atoms. The van der Waals surface area contributed by atoms with Crippen LogP contribution < -0.4 is 21.3 Å². The lowest BCUT2D eigenvalue weighted by atomic mass is 9.95. The molecular formula is C95H179N4O21P. The average molecular weight is 1740 g/mol. The molecule has 2 saturated heterocycles. The highest BCUT2D eigenvalue weighted by Crippen LogP contribution is 2.43. The van der Waals surface area contributed by atoms with E-state index < -0.39 is 155 Å². The summed E-state index contributed by atoms with van der Waals surface area (Å²) in [5, 5.41) is 57.3. The molecule has 0 radical (unpaired) electrons. The molecular weight excluding hydrogens is 1560 g/mol. The molecule has 0 aromatic carbocycles. The Hall–Kier alpha value is -3.88. The third-order valence-corrected chi connectivity index (χ3v) is 24.4. The number of aliphatic hydroxyl groups is 4. The number of unbranched alkanes of at least 4 members (excludes halogenated alkanes) is 52. The molecule has 710 valence electrons. The second-order valence-corrected chi connectivity index (χ2v) is 36.5. The van der Waals surface area contributed by atoms with Gasteiger partial charge in [-0.1, -0.05) is 375 Å². The van der Waals surface area contributed by atoms with Crippen molar-refractivity contribution < 1.29 is 101 Å². The summed E-state index contributed by atoms with van der Waals surface area (Å²) >= 11 is 0. The summed E-state index contributed by atoms with van der Waals surface area (Å²) in [7, 11) is -5.63. The largest absolute Gasteiger partial charge is 0.470 e. The summed E-state index contributed by atoms with van der Waals surface area (Å²) in [5.74, 6) is -4.84. The molecule has 0 aromatic rings. The molecule has 13 atom stereocenters. The van der Waals surface area contributed by atoms with Gasteiger partial charge in [0.15, 0.2) is 18.7 Å². The van der Waals surface area contributed by atoms with Gasteiger partial charge in [0.05, 0.1) is 32.5 Å². The maximum atomic E-state index is 15.0. The Morgan fingerprint density at radius 2 is 0.719 bits per heavy atom. The molecule has 0 saturated carbocycles. The quantitative estimate of drug-likeness (QED) is 0.0117. The van der Waals surface area contributed by atoms with Gasteiger partial charge < -0.3 is 79.9 Å². The van der Waals surface area contributed by atoms with Crippen molar-refractivity contribution in [2.75, 3.05) is 19.8 Å². The van der Waals surface area contributed by atoms with Crippen molar-refractivity contribution in [1.29, 1.82) is 0 Å². The lowest BCUT2D eigenvalue weighted by Crippen LogP contribution is -2.67. The Balaban J connectivity index is 2.61. The van der Waals surface area contributed by atoms with Crippen LogP contribution in [0.4, 0.5) is 0 Å². The molecule has 2 heterocycles. The minimum Gasteiger partial charge on any atom is -0.462 e. The van der Waals surface area contributed by atoms with Crippen LogP contribution in [0.5, 0.6) is 0 Å². The van der Waals surface area contributed by atoms with E-state index >= 15 is 4.79 Å². The Morgan fingerprint density at radius 1 is 0.372 bits per heavy atom. The zero-order valence-corrected chi connectivity index (χ0v) is 77.9. The summed E-state index contributed by atoms with van der Waals surface area (Å²) in [5.41, 5.74) is 0. The van der Waals surface area contributed by atoms with Gasteiger partial charge in [0.2, 0.25) is 23.6 Å². The minimum atomic E-state index is -5.63. The van der Waals surface area contributed by atoms with Gasteiger partial charge in [-0.2, -0.15) is 0 Å². The van der Waals surface area contributed by atoms with Crippen molar-refractivity contribution in [2.24, 2.45) is 0 Å². The predicted molar refractivity (Wildman–Crippen MR) is 479 cm³/mol. The highest BCUT2D eigenvalue weighted by atomic mass is 31.2. The smallest absolute Gasteiger partial charge is 0.462 e. The molecule has 0 aromatic heterocycles. The summed E-state index contributed by atoms with van der Waals surface area (Å²) in [4.78, 5) is 120. The molecule has 10 N–H and O–H groups in total. The lowest BCUT2D eigenvalue weighted by Gasteiger charge is -2.46. The lowest BCUT2D eigenvalue weighted by molar-refractivity contribution is -0.297. The zero-order valence-electron chi connectivity index (χ0n) is 77.1. The molecule has 4 amide bonds. The molecule has 2 aliphatic heterocycles. The third-order valence-electron chi connectivity index (χ3n) is 23.9. The van der Waals surface area contributed by atoms with Crippen LogP contribution >= 0.6 is 7.82 Å². The molecule has 0 unspecified atom stereocenters. The Bertz CT molecular complexity index is 2610. The van der Waals surface area contributed by atoms with Crippen LogP contribution in [0.1, 0.15) is 465 Å². The van der Waals surface area contributed by atoms with Crippen LogP contribution in [-0.4, -0.2) is 171 Å². The monoisotopic (exact) mass is 1740 g/mol. The molecule has 0 spiro atoms. The van der Waals surface area contributed by atoms with Gasteiger partial charge in [0, 0.05) is 25.8 Å². The normalized spacial score (nSPS) is 20.0. The molecule has 2 rings (SSSR count). The molecule has 26 heteroatoms. The Morgan fingerprint density at radius 3 is 1.11 bits per heavy atom. The highest BCUT2D eigenvalue weighted by Gasteiger charge is 2.54. The first kappa shape index (κ1) is 113. The molecule has 2 aliphatic rings. The summed E-state index contributed by atoms with van der Waals surface area (Å²) in [6.07, 6.45) is 43.0. The van der Waals surface area contributed by atoms with Gasteiger partial charge in [-0.15, -0.1) is 0 Å². The number of phosphoric acid groups is 1. The number of amides is 4. The fourth-order valence-corrected chi connectivity index (χ4v) is 17.0. The predicted octanol–water partition coefficient (Wildman–Crippen LogP) is 19.8. The van der Waals surface area contributed by atoms with Gasteiger partial charge in [-0.3, -0.25) is 38.1 Å². The van der Waals surface area contributed by atoms with Crippen molar-refractivity contribution in [1.82, 2.24) is 21.3 Å². The number of hydrogen-bond donors (Lipinski definition) is 10. The summed E-state index contributed by atoms with van der Waals surface area (Å²) in [6, 6.07) is -4.99. The average Bonchev–Trinajstić information content (AvgIpc) is 0.778. The number of aliphatic hydroxyl groups excluding tert-OH is 4. The Labute approximate surface area is 732 Å². The first-order valence-electron chi connectivity index (χ1n) is 49.7. The second kappa shape index (κ2) is 76.2. The Kier molecular flexibility index (Phi) is 71.3. The van der Waals surface area contributed by atoms with Crippen LogP contribution in [0, 0.1) is 0 Å².